The van der Waals surface area contributed by atoms with Crippen LogP contribution in [0, 0.1) is 12.8 Å². The Kier molecular flexibility index (Phi) is 3.99. The van der Waals surface area contributed by atoms with Crippen molar-refractivity contribution in [1.82, 2.24) is 20.1 Å². The molecule has 1 aliphatic heterocycles. The number of rotatable bonds is 6. The monoisotopic (exact) mass is 313 g/mol. The summed E-state index contributed by atoms with van der Waals surface area (Å²) in [7, 11) is 0. The first-order valence-corrected chi connectivity index (χ1v) is 8.47. The lowest BCUT2D eigenvalue weighted by Crippen LogP contribution is -2.23. The van der Waals surface area contributed by atoms with Gasteiger partial charge in [-0.3, -0.25) is 4.90 Å². The van der Waals surface area contributed by atoms with Gasteiger partial charge in [0.05, 0.1) is 6.54 Å². The van der Waals surface area contributed by atoms with Crippen molar-refractivity contribution in [3.05, 3.63) is 35.7 Å². The molecule has 0 spiro atoms. The van der Waals surface area contributed by atoms with Crippen molar-refractivity contribution >= 4 is 5.82 Å². The normalized spacial score (nSPS) is 21.7. The minimum atomic E-state index is 0.536. The van der Waals surface area contributed by atoms with Gasteiger partial charge in [0.25, 0.3) is 0 Å². The summed E-state index contributed by atoms with van der Waals surface area (Å²) >= 11 is 0. The molecule has 3 heterocycles. The summed E-state index contributed by atoms with van der Waals surface area (Å²) in [6.45, 7) is 5.99. The van der Waals surface area contributed by atoms with E-state index in [1.54, 1.807) is 0 Å². The highest BCUT2D eigenvalue weighted by Gasteiger charge is 2.30. The first-order valence-electron chi connectivity index (χ1n) is 8.47. The van der Waals surface area contributed by atoms with E-state index in [9.17, 15) is 0 Å². The van der Waals surface area contributed by atoms with Crippen LogP contribution in [0.2, 0.25) is 0 Å². The number of anilines is 1. The number of pyridine rings is 1. The molecule has 2 aromatic rings. The van der Waals surface area contributed by atoms with E-state index in [0.717, 1.165) is 43.8 Å². The van der Waals surface area contributed by atoms with Gasteiger partial charge in [-0.1, -0.05) is 0 Å². The van der Waals surface area contributed by atoms with Crippen molar-refractivity contribution in [2.24, 2.45) is 5.92 Å². The molecular formula is C17H23N5O. The predicted octanol–water partition coefficient (Wildman–Crippen LogP) is 2.58. The van der Waals surface area contributed by atoms with Gasteiger partial charge in [-0.2, -0.15) is 0 Å². The fraction of sp³-hybridized carbons (Fsp3) is 0.588. The smallest absolute Gasteiger partial charge is 0.230 e. The Balaban J connectivity index is 1.25. The topological polar surface area (TPSA) is 67.1 Å². The maximum absolute atomic E-state index is 5.76. The minimum absolute atomic E-state index is 0.536. The number of aromatic nitrogens is 3. The van der Waals surface area contributed by atoms with Gasteiger partial charge >= 0.3 is 0 Å². The second-order valence-corrected chi connectivity index (χ2v) is 6.80. The summed E-state index contributed by atoms with van der Waals surface area (Å²) < 4.78 is 5.76. The van der Waals surface area contributed by atoms with Crippen LogP contribution in [0.25, 0.3) is 0 Å². The van der Waals surface area contributed by atoms with Crippen molar-refractivity contribution in [2.75, 3.05) is 25.0 Å². The molecular weight excluding hydrogens is 290 g/mol. The second kappa shape index (κ2) is 6.28. The van der Waals surface area contributed by atoms with Gasteiger partial charge in [-0.25, -0.2) is 4.98 Å². The zero-order chi connectivity index (χ0) is 15.6. The largest absolute Gasteiger partial charge is 0.424 e. The second-order valence-electron chi connectivity index (χ2n) is 6.80. The molecule has 4 rings (SSSR count). The highest BCUT2D eigenvalue weighted by molar-refractivity contribution is 5.36. The summed E-state index contributed by atoms with van der Waals surface area (Å²) in [5, 5.41) is 11.8. The zero-order valence-electron chi connectivity index (χ0n) is 13.5. The van der Waals surface area contributed by atoms with E-state index < -0.39 is 0 Å². The first kappa shape index (κ1) is 14.6. The molecule has 2 aromatic heterocycles. The average Bonchev–Trinajstić information content (AvgIpc) is 3.13. The number of hydrogen-bond acceptors (Lipinski definition) is 6. The lowest BCUT2D eigenvalue weighted by molar-refractivity contribution is 0.278. The SMILES string of the molecule is Cc1ccnc(NCC2CCN(Cc3nnc(C4CC4)o3)C2)c1. The molecule has 0 amide bonds. The van der Waals surface area contributed by atoms with Crippen LogP contribution < -0.4 is 5.32 Å². The van der Waals surface area contributed by atoms with Gasteiger partial charge in [-0.15, -0.1) is 10.2 Å². The average molecular weight is 313 g/mol. The highest BCUT2D eigenvalue weighted by Crippen LogP contribution is 2.39. The molecule has 23 heavy (non-hydrogen) atoms. The predicted molar refractivity (Wildman–Crippen MR) is 87.1 cm³/mol. The quantitative estimate of drug-likeness (QED) is 0.884. The summed E-state index contributed by atoms with van der Waals surface area (Å²) in [5.41, 5.74) is 1.23. The molecule has 1 saturated heterocycles. The van der Waals surface area contributed by atoms with Crippen molar-refractivity contribution in [2.45, 2.75) is 38.6 Å². The molecule has 2 aliphatic rings. The summed E-state index contributed by atoms with van der Waals surface area (Å²) in [4.78, 5) is 6.76. The van der Waals surface area contributed by atoms with Crippen LogP contribution in [-0.4, -0.2) is 39.7 Å². The summed E-state index contributed by atoms with van der Waals surface area (Å²) in [6, 6.07) is 4.10. The van der Waals surface area contributed by atoms with Crippen LogP contribution in [0.15, 0.2) is 22.7 Å². The first-order chi connectivity index (χ1) is 11.3. The number of likely N-dealkylation sites (tertiary alicyclic amines) is 1. The molecule has 1 saturated carbocycles. The lowest BCUT2D eigenvalue weighted by atomic mass is 10.1. The Morgan fingerprint density at radius 2 is 2.22 bits per heavy atom. The van der Waals surface area contributed by atoms with Gasteiger partial charge in [-0.05, 0) is 56.3 Å². The molecule has 6 nitrogen and oxygen atoms in total. The third-order valence-corrected chi connectivity index (χ3v) is 4.63. The zero-order valence-corrected chi connectivity index (χ0v) is 13.5. The van der Waals surface area contributed by atoms with Crippen LogP contribution in [0.4, 0.5) is 5.82 Å². The fourth-order valence-corrected chi connectivity index (χ4v) is 3.12. The molecule has 0 aromatic carbocycles. The van der Waals surface area contributed by atoms with Gasteiger partial charge < -0.3 is 9.73 Å². The van der Waals surface area contributed by atoms with E-state index >= 15 is 0 Å². The molecule has 122 valence electrons. The Hall–Kier alpha value is -1.95. The Bertz CT molecular complexity index is 667. The van der Waals surface area contributed by atoms with Crippen molar-refractivity contribution in [3.8, 4) is 0 Å². The van der Waals surface area contributed by atoms with Gasteiger partial charge in [0.1, 0.15) is 5.82 Å². The Morgan fingerprint density at radius 3 is 3.04 bits per heavy atom. The van der Waals surface area contributed by atoms with Gasteiger partial charge in [0, 0.05) is 25.2 Å². The van der Waals surface area contributed by atoms with Crippen molar-refractivity contribution in [3.63, 3.8) is 0 Å². The third-order valence-electron chi connectivity index (χ3n) is 4.63. The van der Waals surface area contributed by atoms with Gasteiger partial charge in [0.2, 0.25) is 11.8 Å². The van der Waals surface area contributed by atoms with Crippen molar-refractivity contribution < 1.29 is 4.42 Å². The molecule has 6 heteroatoms. The fourth-order valence-electron chi connectivity index (χ4n) is 3.12. The molecule has 1 aliphatic carbocycles. The lowest BCUT2D eigenvalue weighted by Gasteiger charge is -2.14. The van der Waals surface area contributed by atoms with Crippen LogP contribution >= 0.6 is 0 Å². The minimum Gasteiger partial charge on any atom is -0.424 e. The van der Waals surface area contributed by atoms with E-state index in [4.69, 9.17) is 4.42 Å². The Morgan fingerprint density at radius 1 is 1.30 bits per heavy atom. The summed E-state index contributed by atoms with van der Waals surface area (Å²) in [5.74, 6) is 3.75. The standard InChI is InChI=1S/C17H23N5O/c1-12-4-6-18-15(8-12)19-9-13-5-7-22(10-13)11-16-20-21-17(23-16)14-2-3-14/h4,6,8,13-14H,2-3,5,7,9-11H2,1H3,(H,18,19). The van der Waals surface area contributed by atoms with Crippen molar-refractivity contribution in [1.29, 1.82) is 0 Å². The molecule has 1 N–H and O–H groups in total. The maximum Gasteiger partial charge on any atom is 0.230 e. The molecule has 0 bridgehead atoms. The van der Waals surface area contributed by atoms with Crippen LogP contribution in [0.3, 0.4) is 0 Å². The van der Waals surface area contributed by atoms with E-state index in [1.165, 1.54) is 24.8 Å². The van der Waals surface area contributed by atoms with Crippen LogP contribution in [0.5, 0.6) is 0 Å². The number of aryl methyl sites for hydroxylation is 1. The number of nitrogens with one attached hydrogen (secondary N) is 1. The van der Waals surface area contributed by atoms with E-state index in [-0.39, 0.29) is 0 Å². The number of hydrogen-bond donors (Lipinski definition) is 1. The number of nitrogens with zero attached hydrogens (tertiary/aromatic N) is 4. The summed E-state index contributed by atoms with van der Waals surface area (Å²) in [6.07, 6.45) is 5.45. The van der Waals surface area contributed by atoms with E-state index in [2.05, 4.69) is 38.4 Å². The molecule has 0 radical (unpaired) electrons. The third kappa shape index (κ3) is 3.69. The molecule has 2 fully saturated rings. The Labute approximate surface area is 136 Å². The highest BCUT2D eigenvalue weighted by atomic mass is 16.4. The van der Waals surface area contributed by atoms with E-state index in [1.807, 2.05) is 12.3 Å². The van der Waals surface area contributed by atoms with Crippen LogP contribution in [-0.2, 0) is 6.54 Å². The van der Waals surface area contributed by atoms with Gasteiger partial charge in [0.15, 0.2) is 0 Å². The van der Waals surface area contributed by atoms with E-state index in [0.29, 0.717) is 11.8 Å². The maximum atomic E-state index is 5.76. The van der Waals surface area contributed by atoms with Crippen LogP contribution in [0.1, 0.15) is 42.5 Å². The molecule has 1 atom stereocenters. The molecule has 1 unspecified atom stereocenters.